The molecule has 0 aliphatic heterocycles. The van der Waals surface area contributed by atoms with E-state index in [0.29, 0.717) is 5.95 Å². The highest BCUT2D eigenvalue weighted by Crippen LogP contribution is 2.22. The molecular formula is C20H20N6. The summed E-state index contributed by atoms with van der Waals surface area (Å²) in [6.45, 7) is 2.75. The van der Waals surface area contributed by atoms with Crippen molar-refractivity contribution in [2.24, 2.45) is 0 Å². The number of nitrogens with zero attached hydrogens (tertiary/aromatic N) is 4. The summed E-state index contributed by atoms with van der Waals surface area (Å²) in [7, 11) is 0. The molecule has 0 unspecified atom stereocenters. The smallest absolute Gasteiger partial charge is 0.224 e. The van der Waals surface area contributed by atoms with E-state index in [-0.39, 0.29) is 0 Å². The van der Waals surface area contributed by atoms with Crippen molar-refractivity contribution in [3.63, 3.8) is 0 Å². The van der Waals surface area contributed by atoms with Crippen LogP contribution in [-0.4, -0.2) is 26.1 Å². The van der Waals surface area contributed by atoms with Crippen molar-refractivity contribution in [1.82, 2.24) is 19.5 Å². The summed E-state index contributed by atoms with van der Waals surface area (Å²) < 4.78 is 1.93. The van der Waals surface area contributed by atoms with Gasteiger partial charge >= 0.3 is 0 Å². The molecule has 0 bridgehead atoms. The summed E-state index contributed by atoms with van der Waals surface area (Å²) in [5.74, 6) is 1.35. The highest BCUT2D eigenvalue weighted by atomic mass is 15.2. The molecule has 4 rings (SSSR count). The third-order valence-electron chi connectivity index (χ3n) is 4.36. The zero-order chi connectivity index (χ0) is 17.9. The van der Waals surface area contributed by atoms with Crippen LogP contribution in [0.25, 0.3) is 16.9 Å². The van der Waals surface area contributed by atoms with Gasteiger partial charge in [-0.15, -0.1) is 0 Å². The third-order valence-corrected chi connectivity index (χ3v) is 4.36. The van der Waals surface area contributed by atoms with E-state index in [1.807, 2.05) is 47.9 Å². The molecule has 26 heavy (non-hydrogen) atoms. The predicted octanol–water partition coefficient (Wildman–Crippen LogP) is 3.36. The predicted molar refractivity (Wildman–Crippen MR) is 104 cm³/mol. The molecule has 0 aliphatic carbocycles. The number of rotatable bonds is 5. The quantitative estimate of drug-likeness (QED) is 0.543. The van der Waals surface area contributed by atoms with E-state index >= 15 is 0 Å². The van der Waals surface area contributed by atoms with E-state index in [1.54, 1.807) is 12.5 Å². The molecule has 4 aromatic rings. The number of aryl methyl sites for hydroxylation is 1. The van der Waals surface area contributed by atoms with Crippen LogP contribution in [0.2, 0.25) is 0 Å². The van der Waals surface area contributed by atoms with Gasteiger partial charge in [0.2, 0.25) is 5.95 Å². The summed E-state index contributed by atoms with van der Waals surface area (Å²) in [5, 5.41) is 3.28. The Kier molecular flexibility index (Phi) is 4.23. The van der Waals surface area contributed by atoms with Gasteiger partial charge in [0.1, 0.15) is 12.1 Å². The third kappa shape index (κ3) is 3.21. The molecule has 6 heteroatoms. The van der Waals surface area contributed by atoms with Crippen LogP contribution in [0.5, 0.6) is 0 Å². The molecule has 0 aliphatic rings. The molecule has 0 saturated carbocycles. The maximum Gasteiger partial charge on any atom is 0.224 e. The largest absolute Gasteiger partial charge is 0.398 e. The van der Waals surface area contributed by atoms with E-state index in [0.717, 1.165) is 41.1 Å². The maximum atomic E-state index is 6.06. The van der Waals surface area contributed by atoms with Crippen LogP contribution in [0.4, 0.5) is 11.6 Å². The number of fused-ring (bicyclic) bond motifs is 1. The minimum Gasteiger partial charge on any atom is -0.398 e. The normalized spacial score (nSPS) is 11.0. The molecule has 2 aromatic heterocycles. The standard InChI is InChI=1S/C20H20N6/c1-14-11-17-18(12-16(14)21)26(13-24-17)19-8-10-23-20(25-19)22-9-7-15-5-3-2-4-6-15/h2-6,8,10-13H,7,9,21H2,1H3,(H,22,23,25). The average Bonchev–Trinajstić information content (AvgIpc) is 3.06. The van der Waals surface area contributed by atoms with Gasteiger partial charge in [0.05, 0.1) is 11.0 Å². The van der Waals surface area contributed by atoms with Crippen LogP contribution in [0, 0.1) is 6.92 Å². The Bertz CT molecular complexity index is 1040. The first-order valence-corrected chi connectivity index (χ1v) is 8.55. The van der Waals surface area contributed by atoms with Crippen molar-refractivity contribution >= 4 is 22.7 Å². The van der Waals surface area contributed by atoms with Crippen molar-refractivity contribution in [3.8, 4) is 5.82 Å². The van der Waals surface area contributed by atoms with Gasteiger partial charge in [-0.05, 0) is 42.7 Å². The molecule has 0 saturated heterocycles. The van der Waals surface area contributed by atoms with E-state index in [4.69, 9.17) is 5.73 Å². The fraction of sp³-hybridized carbons (Fsp3) is 0.150. The van der Waals surface area contributed by atoms with Gasteiger partial charge in [0, 0.05) is 18.4 Å². The first-order chi connectivity index (χ1) is 12.7. The van der Waals surface area contributed by atoms with Crippen LogP contribution in [-0.2, 0) is 6.42 Å². The lowest BCUT2D eigenvalue weighted by atomic mass is 10.1. The molecular weight excluding hydrogens is 324 g/mol. The maximum absolute atomic E-state index is 6.06. The fourth-order valence-electron chi connectivity index (χ4n) is 2.89. The highest BCUT2D eigenvalue weighted by molar-refractivity contribution is 5.82. The number of nitrogen functional groups attached to an aromatic ring is 1. The zero-order valence-electron chi connectivity index (χ0n) is 14.6. The second-order valence-corrected chi connectivity index (χ2v) is 6.21. The van der Waals surface area contributed by atoms with Gasteiger partial charge in [-0.25, -0.2) is 9.97 Å². The molecule has 3 N–H and O–H groups in total. The minimum absolute atomic E-state index is 0.598. The Morgan fingerprint density at radius 3 is 2.77 bits per heavy atom. The van der Waals surface area contributed by atoms with Crippen molar-refractivity contribution < 1.29 is 0 Å². The lowest BCUT2D eigenvalue weighted by Gasteiger charge is -2.08. The molecule has 0 amide bonds. The Balaban J connectivity index is 1.55. The second-order valence-electron chi connectivity index (χ2n) is 6.21. The molecule has 6 nitrogen and oxygen atoms in total. The lowest BCUT2D eigenvalue weighted by Crippen LogP contribution is -2.09. The molecule has 2 heterocycles. The fourth-order valence-corrected chi connectivity index (χ4v) is 2.89. The van der Waals surface area contributed by atoms with Gasteiger partial charge in [-0.1, -0.05) is 30.3 Å². The minimum atomic E-state index is 0.598. The highest BCUT2D eigenvalue weighted by Gasteiger charge is 2.09. The number of anilines is 2. The topological polar surface area (TPSA) is 81.7 Å². The molecule has 0 radical (unpaired) electrons. The molecule has 2 aromatic carbocycles. The van der Waals surface area contributed by atoms with Crippen molar-refractivity contribution in [1.29, 1.82) is 0 Å². The summed E-state index contributed by atoms with van der Waals surface area (Å²) in [4.78, 5) is 13.4. The summed E-state index contributed by atoms with van der Waals surface area (Å²) in [6, 6.07) is 16.1. The monoisotopic (exact) mass is 344 g/mol. The number of benzene rings is 2. The Morgan fingerprint density at radius 1 is 1.08 bits per heavy atom. The van der Waals surface area contributed by atoms with E-state index in [9.17, 15) is 0 Å². The van der Waals surface area contributed by atoms with E-state index < -0.39 is 0 Å². The lowest BCUT2D eigenvalue weighted by molar-refractivity contribution is 0.953. The van der Waals surface area contributed by atoms with Gasteiger partial charge in [-0.2, -0.15) is 4.98 Å². The summed E-state index contributed by atoms with van der Waals surface area (Å²) in [5.41, 5.74) is 10.9. The van der Waals surface area contributed by atoms with Gasteiger partial charge < -0.3 is 11.1 Å². The molecule has 0 fully saturated rings. The summed E-state index contributed by atoms with van der Waals surface area (Å²) >= 11 is 0. The number of hydrogen-bond donors (Lipinski definition) is 2. The van der Waals surface area contributed by atoms with Crippen LogP contribution in [0.15, 0.2) is 61.1 Å². The molecule has 130 valence electrons. The molecule has 0 atom stereocenters. The van der Waals surface area contributed by atoms with Crippen molar-refractivity contribution in [3.05, 3.63) is 72.2 Å². The van der Waals surface area contributed by atoms with Crippen LogP contribution in [0.3, 0.4) is 0 Å². The van der Waals surface area contributed by atoms with Crippen LogP contribution in [0.1, 0.15) is 11.1 Å². The SMILES string of the molecule is Cc1cc2ncn(-c3ccnc(NCCc4ccccc4)n3)c2cc1N. The average molecular weight is 344 g/mol. The number of hydrogen-bond acceptors (Lipinski definition) is 5. The van der Waals surface area contributed by atoms with Gasteiger partial charge in [-0.3, -0.25) is 4.57 Å². The zero-order valence-corrected chi connectivity index (χ0v) is 14.6. The number of nitrogens with one attached hydrogen (secondary N) is 1. The van der Waals surface area contributed by atoms with Gasteiger partial charge in [0.25, 0.3) is 0 Å². The Morgan fingerprint density at radius 2 is 1.92 bits per heavy atom. The Labute approximate surface area is 151 Å². The molecule has 0 spiro atoms. The van der Waals surface area contributed by atoms with Crippen LogP contribution < -0.4 is 11.1 Å². The first kappa shape index (κ1) is 16.1. The van der Waals surface area contributed by atoms with Crippen molar-refractivity contribution in [2.75, 3.05) is 17.6 Å². The van der Waals surface area contributed by atoms with Crippen LogP contribution >= 0.6 is 0 Å². The summed E-state index contributed by atoms with van der Waals surface area (Å²) in [6.07, 6.45) is 4.43. The van der Waals surface area contributed by atoms with Gasteiger partial charge in [0.15, 0.2) is 0 Å². The van der Waals surface area contributed by atoms with E-state index in [2.05, 4.69) is 32.4 Å². The number of imidazole rings is 1. The number of nitrogens with two attached hydrogens (primary N) is 1. The first-order valence-electron chi connectivity index (χ1n) is 8.55. The van der Waals surface area contributed by atoms with E-state index in [1.165, 1.54) is 5.56 Å². The Hall–Kier alpha value is -3.41. The number of aromatic nitrogens is 4. The second kappa shape index (κ2) is 6.84. The van der Waals surface area contributed by atoms with Crippen molar-refractivity contribution in [2.45, 2.75) is 13.3 Å².